The monoisotopic (exact) mass is 191 g/mol. The average molecular weight is 191 g/mol. The molecule has 1 rings (SSSR count). The van der Waals surface area contributed by atoms with E-state index in [1.165, 1.54) is 7.11 Å². The highest BCUT2D eigenvalue weighted by molar-refractivity contribution is 5.49. The highest BCUT2D eigenvalue weighted by atomic mass is 16.5. The first kappa shape index (κ1) is 10.4. The van der Waals surface area contributed by atoms with E-state index in [9.17, 15) is 5.11 Å². The number of rotatable bonds is 3. The molecule has 74 valence electrons. The first-order valence-electron chi connectivity index (χ1n) is 4.48. The molecule has 0 fully saturated rings. The minimum atomic E-state index is 0.0752. The van der Waals surface area contributed by atoms with Crippen LogP contribution in [0.3, 0.4) is 0 Å². The van der Waals surface area contributed by atoms with Crippen molar-refractivity contribution in [1.29, 1.82) is 5.26 Å². The number of hydrogen-bond acceptors (Lipinski definition) is 3. The smallest absolute Gasteiger partial charge is 0.161 e. The molecule has 1 N–H and O–H groups in total. The maximum absolute atomic E-state index is 9.66. The molecule has 0 amide bonds. The first-order valence-corrected chi connectivity index (χ1v) is 4.48. The predicted octanol–water partition coefficient (Wildman–Crippen LogP) is 2.03. The lowest BCUT2D eigenvalue weighted by Gasteiger charge is -2.09. The second-order valence-corrected chi connectivity index (χ2v) is 2.99. The molecule has 0 aromatic heterocycles. The van der Waals surface area contributed by atoms with Gasteiger partial charge in [0.2, 0.25) is 0 Å². The molecule has 0 saturated heterocycles. The molecule has 14 heavy (non-hydrogen) atoms. The minimum absolute atomic E-state index is 0.0752. The lowest BCUT2D eigenvalue weighted by molar-refractivity contribution is 0.370. The Morgan fingerprint density at radius 2 is 2.21 bits per heavy atom. The summed E-state index contributed by atoms with van der Waals surface area (Å²) in [5.41, 5.74) is 1.69. The number of aromatic hydroxyl groups is 1. The van der Waals surface area contributed by atoms with Crippen molar-refractivity contribution >= 4 is 0 Å². The number of benzene rings is 1. The van der Waals surface area contributed by atoms with Gasteiger partial charge in [0.1, 0.15) is 0 Å². The predicted molar refractivity (Wildman–Crippen MR) is 53.4 cm³/mol. The van der Waals surface area contributed by atoms with Crippen LogP contribution in [0, 0.1) is 11.3 Å². The molecule has 0 aliphatic rings. The molecule has 1 aromatic carbocycles. The van der Waals surface area contributed by atoms with Gasteiger partial charge in [-0.25, -0.2) is 0 Å². The summed E-state index contributed by atoms with van der Waals surface area (Å²) in [7, 11) is 1.50. The third-order valence-corrected chi connectivity index (χ3v) is 2.11. The molecule has 0 aliphatic heterocycles. The van der Waals surface area contributed by atoms with Crippen molar-refractivity contribution in [2.45, 2.75) is 19.8 Å². The molecule has 0 saturated carbocycles. The lowest BCUT2D eigenvalue weighted by Crippen LogP contribution is -1.92. The Bertz CT molecular complexity index is 366. The Morgan fingerprint density at radius 1 is 1.50 bits per heavy atom. The standard InChI is InChI=1S/C11H13NO2/c1-3-8-6-9(4-5-12)11(13)10(7-8)14-2/h6-7,13H,3-4H2,1-2H3. The topological polar surface area (TPSA) is 53.2 Å². The van der Waals surface area contributed by atoms with Crippen LogP contribution >= 0.6 is 0 Å². The number of ether oxygens (including phenoxy) is 1. The Labute approximate surface area is 83.6 Å². The number of phenolic OH excluding ortho intramolecular Hbond substituents is 1. The number of phenols is 1. The first-order chi connectivity index (χ1) is 6.72. The zero-order valence-corrected chi connectivity index (χ0v) is 8.37. The Morgan fingerprint density at radius 3 is 2.71 bits per heavy atom. The SMILES string of the molecule is CCc1cc(CC#N)c(O)c(OC)c1. The summed E-state index contributed by atoms with van der Waals surface area (Å²) in [5.74, 6) is 0.515. The normalized spacial score (nSPS) is 9.50. The summed E-state index contributed by atoms with van der Waals surface area (Å²) in [6.45, 7) is 2.02. The second kappa shape index (κ2) is 4.52. The average Bonchev–Trinajstić information content (AvgIpc) is 2.21. The number of aryl methyl sites for hydroxylation is 1. The van der Waals surface area contributed by atoms with E-state index in [0.717, 1.165) is 12.0 Å². The van der Waals surface area contributed by atoms with Gasteiger partial charge in [0.25, 0.3) is 0 Å². The van der Waals surface area contributed by atoms with E-state index in [-0.39, 0.29) is 12.2 Å². The molecule has 1 aromatic rings. The van der Waals surface area contributed by atoms with Gasteiger partial charge in [0, 0.05) is 5.56 Å². The molecule has 0 radical (unpaired) electrons. The third-order valence-electron chi connectivity index (χ3n) is 2.11. The lowest BCUT2D eigenvalue weighted by atomic mass is 10.0. The van der Waals surface area contributed by atoms with Crippen molar-refractivity contribution in [3.63, 3.8) is 0 Å². The summed E-state index contributed by atoms with van der Waals surface area (Å²) >= 11 is 0. The Balaban J connectivity index is 3.21. The molecule has 0 spiro atoms. The van der Waals surface area contributed by atoms with Crippen LogP contribution in [0.1, 0.15) is 18.1 Å². The fourth-order valence-corrected chi connectivity index (χ4v) is 1.31. The maximum atomic E-state index is 9.66. The van der Waals surface area contributed by atoms with Crippen molar-refractivity contribution in [3.8, 4) is 17.6 Å². The summed E-state index contributed by atoms with van der Waals surface area (Å²) in [6, 6.07) is 5.63. The second-order valence-electron chi connectivity index (χ2n) is 2.99. The van der Waals surface area contributed by atoms with E-state index in [1.807, 2.05) is 19.1 Å². The number of nitriles is 1. The van der Waals surface area contributed by atoms with Crippen LogP contribution in [-0.4, -0.2) is 12.2 Å². The van der Waals surface area contributed by atoms with E-state index in [4.69, 9.17) is 10.00 Å². The summed E-state index contributed by atoms with van der Waals surface area (Å²) in [4.78, 5) is 0. The summed E-state index contributed by atoms with van der Waals surface area (Å²) in [5, 5.41) is 18.2. The van der Waals surface area contributed by atoms with Crippen LogP contribution < -0.4 is 4.74 Å². The minimum Gasteiger partial charge on any atom is -0.504 e. The van der Waals surface area contributed by atoms with Gasteiger partial charge in [-0.2, -0.15) is 5.26 Å². The van der Waals surface area contributed by atoms with Crippen molar-refractivity contribution in [3.05, 3.63) is 23.3 Å². The molecule has 0 unspecified atom stereocenters. The zero-order valence-electron chi connectivity index (χ0n) is 8.37. The molecule has 3 nitrogen and oxygen atoms in total. The fraction of sp³-hybridized carbons (Fsp3) is 0.364. The highest BCUT2D eigenvalue weighted by Crippen LogP contribution is 2.31. The van der Waals surface area contributed by atoms with Gasteiger partial charge < -0.3 is 9.84 Å². The van der Waals surface area contributed by atoms with Crippen LogP contribution in [0.4, 0.5) is 0 Å². The van der Waals surface area contributed by atoms with Gasteiger partial charge in [-0.05, 0) is 18.1 Å². The molecule has 0 aliphatic carbocycles. The quantitative estimate of drug-likeness (QED) is 0.795. The Hall–Kier alpha value is -1.69. The third kappa shape index (κ3) is 1.97. The fourth-order valence-electron chi connectivity index (χ4n) is 1.31. The zero-order chi connectivity index (χ0) is 10.6. The van der Waals surface area contributed by atoms with Gasteiger partial charge >= 0.3 is 0 Å². The van der Waals surface area contributed by atoms with Crippen LogP contribution in [0.25, 0.3) is 0 Å². The van der Waals surface area contributed by atoms with E-state index in [2.05, 4.69) is 0 Å². The van der Waals surface area contributed by atoms with Crippen LogP contribution in [-0.2, 0) is 12.8 Å². The molecule has 3 heteroatoms. The Kier molecular flexibility index (Phi) is 3.35. The van der Waals surface area contributed by atoms with E-state index in [1.54, 1.807) is 6.07 Å². The molecule has 0 heterocycles. The van der Waals surface area contributed by atoms with Crippen molar-refractivity contribution < 1.29 is 9.84 Å². The number of nitrogens with zero attached hydrogens (tertiary/aromatic N) is 1. The van der Waals surface area contributed by atoms with E-state index in [0.29, 0.717) is 11.3 Å². The van der Waals surface area contributed by atoms with Crippen LogP contribution in [0.15, 0.2) is 12.1 Å². The van der Waals surface area contributed by atoms with Crippen LogP contribution in [0.5, 0.6) is 11.5 Å². The highest BCUT2D eigenvalue weighted by Gasteiger charge is 2.09. The molecule has 0 atom stereocenters. The number of methoxy groups -OCH3 is 1. The molecular formula is C11H13NO2. The van der Waals surface area contributed by atoms with E-state index < -0.39 is 0 Å². The number of hydrogen-bond donors (Lipinski definition) is 1. The largest absolute Gasteiger partial charge is 0.504 e. The summed E-state index contributed by atoms with van der Waals surface area (Å²) < 4.78 is 5.02. The molecule has 0 bridgehead atoms. The maximum Gasteiger partial charge on any atom is 0.161 e. The van der Waals surface area contributed by atoms with Gasteiger partial charge in [-0.1, -0.05) is 13.0 Å². The van der Waals surface area contributed by atoms with Crippen LogP contribution in [0.2, 0.25) is 0 Å². The van der Waals surface area contributed by atoms with Crippen molar-refractivity contribution in [2.24, 2.45) is 0 Å². The van der Waals surface area contributed by atoms with Gasteiger partial charge in [-0.15, -0.1) is 0 Å². The van der Waals surface area contributed by atoms with E-state index >= 15 is 0 Å². The summed E-state index contributed by atoms with van der Waals surface area (Å²) in [6.07, 6.45) is 1.06. The van der Waals surface area contributed by atoms with Gasteiger partial charge in [0.15, 0.2) is 11.5 Å². The van der Waals surface area contributed by atoms with Gasteiger partial charge in [-0.3, -0.25) is 0 Å². The van der Waals surface area contributed by atoms with Gasteiger partial charge in [0.05, 0.1) is 19.6 Å². The molecular weight excluding hydrogens is 178 g/mol. The van der Waals surface area contributed by atoms with Crippen molar-refractivity contribution in [1.82, 2.24) is 0 Å². The van der Waals surface area contributed by atoms with Crippen molar-refractivity contribution in [2.75, 3.05) is 7.11 Å².